The second-order valence-electron chi connectivity index (χ2n) is 4.82. The highest BCUT2D eigenvalue weighted by Crippen LogP contribution is 2.23. The van der Waals surface area contributed by atoms with E-state index in [1.807, 2.05) is 0 Å². The van der Waals surface area contributed by atoms with Crippen LogP contribution < -0.4 is 4.74 Å². The molecule has 23 heavy (non-hydrogen) atoms. The van der Waals surface area contributed by atoms with Crippen molar-refractivity contribution in [1.29, 1.82) is 0 Å². The summed E-state index contributed by atoms with van der Waals surface area (Å²) in [6, 6.07) is 11.9. The van der Waals surface area contributed by atoms with Crippen molar-refractivity contribution in [2.24, 2.45) is 0 Å². The molecule has 0 aromatic heterocycles. The summed E-state index contributed by atoms with van der Waals surface area (Å²) in [6.07, 6.45) is 0. The lowest BCUT2D eigenvalue weighted by atomic mass is 10.2. The number of nitro groups is 1. The van der Waals surface area contributed by atoms with Crippen LogP contribution in [0, 0.1) is 10.1 Å². The Labute approximate surface area is 134 Å². The van der Waals surface area contributed by atoms with E-state index in [0.29, 0.717) is 5.75 Å². The van der Waals surface area contributed by atoms with Crippen molar-refractivity contribution in [1.82, 2.24) is 4.31 Å². The molecular formula is C15H16N2O5S. The lowest BCUT2D eigenvalue weighted by molar-refractivity contribution is -0.384. The van der Waals surface area contributed by atoms with E-state index in [2.05, 4.69) is 0 Å². The standard InChI is InChI=1S/C15H16N2O5S/c1-16(11-12-5-3-4-6-15(12)22-2)23(20,21)14-9-7-13(8-10-14)17(18)19/h3-10H,11H2,1-2H3. The van der Waals surface area contributed by atoms with E-state index < -0.39 is 14.9 Å². The van der Waals surface area contributed by atoms with Crippen LogP contribution in [0.4, 0.5) is 5.69 Å². The van der Waals surface area contributed by atoms with E-state index in [1.165, 1.54) is 42.7 Å². The first-order chi connectivity index (χ1) is 10.9. The Morgan fingerprint density at radius 3 is 2.30 bits per heavy atom. The van der Waals surface area contributed by atoms with Gasteiger partial charge in [-0.2, -0.15) is 4.31 Å². The third-order valence-corrected chi connectivity index (χ3v) is 5.16. The predicted octanol–water partition coefficient (Wildman–Crippen LogP) is 2.42. The van der Waals surface area contributed by atoms with Crippen LogP contribution >= 0.6 is 0 Å². The monoisotopic (exact) mass is 336 g/mol. The molecule has 0 saturated heterocycles. The topological polar surface area (TPSA) is 89.8 Å². The maximum atomic E-state index is 12.5. The number of nitrogens with zero attached hydrogens (tertiary/aromatic N) is 2. The summed E-state index contributed by atoms with van der Waals surface area (Å²) in [7, 11) is -0.784. The molecule has 7 nitrogen and oxygen atoms in total. The highest BCUT2D eigenvalue weighted by Gasteiger charge is 2.22. The fraction of sp³-hybridized carbons (Fsp3) is 0.200. The zero-order chi connectivity index (χ0) is 17.0. The first-order valence-corrected chi connectivity index (χ1v) is 8.13. The third kappa shape index (κ3) is 3.66. The number of non-ortho nitro benzene ring substituents is 1. The summed E-state index contributed by atoms with van der Waals surface area (Å²) in [5, 5.41) is 10.6. The summed E-state index contributed by atoms with van der Waals surface area (Å²) in [6.45, 7) is 0.128. The molecule has 0 radical (unpaired) electrons. The molecule has 0 atom stereocenters. The minimum Gasteiger partial charge on any atom is -0.496 e. The van der Waals surface area contributed by atoms with Gasteiger partial charge in [-0.15, -0.1) is 0 Å². The maximum absolute atomic E-state index is 12.5. The Morgan fingerprint density at radius 1 is 1.13 bits per heavy atom. The highest BCUT2D eigenvalue weighted by atomic mass is 32.2. The van der Waals surface area contributed by atoms with Gasteiger partial charge in [-0.3, -0.25) is 10.1 Å². The molecule has 0 aliphatic heterocycles. The molecule has 0 bridgehead atoms. The van der Waals surface area contributed by atoms with E-state index in [4.69, 9.17) is 4.74 Å². The number of nitro benzene ring substituents is 1. The van der Waals surface area contributed by atoms with Crippen molar-refractivity contribution >= 4 is 15.7 Å². The number of hydrogen-bond donors (Lipinski definition) is 0. The molecule has 122 valence electrons. The van der Waals surface area contributed by atoms with Crippen LogP contribution in [-0.2, 0) is 16.6 Å². The molecule has 2 aromatic carbocycles. The van der Waals surface area contributed by atoms with Crippen molar-refractivity contribution in [2.75, 3.05) is 14.2 Å². The second kappa shape index (κ2) is 6.76. The van der Waals surface area contributed by atoms with Crippen LogP contribution in [0.1, 0.15) is 5.56 Å². The summed E-state index contributed by atoms with van der Waals surface area (Å²) in [5.41, 5.74) is 0.569. The van der Waals surface area contributed by atoms with E-state index >= 15 is 0 Å². The van der Waals surface area contributed by atoms with Crippen molar-refractivity contribution in [2.45, 2.75) is 11.4 Å². The van der Waals surface area contributed by atoms with Crippen LogP contribution in [0.25, 0.3) is 0 Å². The van der Waals surface area contributed by atoms with E-state index in [1.54, 1.807) is 24.3 Å². The van der Waals surface area contributed by atoms with Gasteiger partial charge in [0.2, 0.25) is 10.0 Å². The number of para-hydroxylation sites is 1. The van der Waals surface area contributed by atoms with Crippen LogP contribution in [-0.4, -0.2) is 31.8 Å². The van der Waals surface area contributed by atoms with Gasteiger partial charge in [0, 0.05) is 31.3 Å². The number of ether oxygens (including phenoxy) is 1. The number of methoxy groups -OCH3 is 1. The van der Waals surface area contributed by atoms with Gasteiger partial charge in [-0.1, -0.05) is 18.2 Å². The summed E-state index contributed by atoms with van der Waals surface area (Å²) < 4.78 is 31.4. The molecule has 0 aliphatic rings. The predicted molar refractivity (Wildman–Crippen MR) is 84.7 cm³/mol. The zero-order valence-corrected chi connectivity index (χ0v) is 13.5. The molecule has 0 spiro atoms. The maximum Gasteiger partial charge on any atom is 0.269 e. The molecule has 0 N–H and O–H groups in total. The Morgan fingerprint density at radius 2 is 1.74 bits per heavy atom. The zero-order valence-electron chi connectivity index (χ0n) is 12.7. The SMILES string of the molecule is COc1ccccc1CN(C)S(=O)(=O)c1ccc([N+](=O)[O-])cc1. The molecule has 8 heteroatoms. The van der Waals surface area contributed by atoms with Crippen molar-refractivity contribution in [3.63, 3.8) is 0 Å². The van der Waals surface area contributed by atoms with Crippen LogP contribution in [0.15, 0.2) is 53.4 Å². The smallest absolute Gasteiger partial charge is 0.269 e. The Hall–Kier alpha value is -2.45. The first kappa shape index (κ1) is 16.9. The van der Waals surface area contributed by atoms with Gasteiger partial charge in [0.05, 0.1) is 16.9 Å². The van der Waals surface area contributed by atoms with Gasteiger partial charge in [0.1, 0.15) is 5.75 Å². The molecule has 0 aliphatic carbocycles. The van der Waals surface area contributed by atoms with Crippen molar-refractivity contribution in [3.8, 4) is 5.75 Å². The average molecular weight is 336 g/mol. The van der Waals surface area contributed by atoms with Gasteiger partial charge >= 0.3 is 0 Å². The van der Waals surface area contributed by atoms with Gasteiger partial charge < -0.3 is 4.74 Å². The largest absolute Gasteiger partial charge is 0.496 e. The molecule has 0 saturated carbocycles. The molecule has 2 rings (SSSR count). The summed E-state index contributed by atoms with van der Waals surface area (Å²) in [4.78, 5) is 10.1. The quantitative estimate of drug-likeness (QED) is 0.597. The summed E-state index contributed by atoms with van der Waals surface area (Å²) in [5.74, 6) is 0.596. The van der Waals surface area contributed by atoms with Gasteiger partial charge in [-0.05, 0) is 18.2 Å². The lowest BCUT2D eigenvalue weighted by Crippen LogP contribution is -2.26. The number of benzene rings is 2. The minimum atomic E-state index is -3.75. The van der Waals surface area contributed by atoms with Crippen molar-refractivity contribution < 1.29 is 18.1 Å². The van der Waals surface area contributed by atoms with E-state index in [0.717, 1.165) is 5.56 Å². The molecule has 0 heterocycles. The highest BCUT2D eigenvalue weighted by molar-refractivity contribution is 7.89. The Bertz CT molecular complexity index is 803. The normalized spacial score (nSPS) is 11.4. The Kier molecular flexibility index (Phi) is 4.97. The molecule has 0 unspecified atom stereocenters. The fourth-order valence-corrected chi connectivity index (χ4v) is 3.23. The molecule has 0 amide bonds. The fourth-order valence-electron chi connectivity index (χ4n) is 2.08. The average Bonchev–Trinajstić information content (AvgIpc) is 2.55. The van der Waals surface area contributed by atoms with E-state index in [-0.39, 0.29) is 17.1 Å². The van der Waals surface area contributed by atoms with Gasteiger partial charge in [0.25, 0.3) is 5.69 Å². The second-order valence-corrected chi connectivity index (χ2v) is 6.87. The van der Waals surface area contributed by atoms with Crippen LogP contribution in [0.5, 0.6) is 5.75 Å². The minimum absolute atomic E-state index is 0.000461. The molecule has 2 aromatic rings. The third-order valence-electron chi connectivity index (χ3n) is 3.34. The van der Waals surface area contributed by atoms with E-state index in [9.17, 15) is 18.5 Å². The molecular weight excluding hydrogens is 320 g/mol. The lowest BCUT2D eigenvalue weighted by Gasteiger charge is -2.18. The van der Waals surface area contributed by atoms with Crippen molar-refractivity contribution in [3.05, 3.63) is 64.2 Å². The van der Waals surface area contributed by atoms with Gasteiger partial charge in [0.15, 0.2) is 0 Å². The summed E-state index contributed by atoms with van der Waals surface area (Å²) >= 11 is 0. The Balaban J connectivity index is 2.26. The number of hydrogen-bond acceptors (Lipinski definition) is 5. The van der Waals surface area contributed by atoms with Gasteiger partial charge in [-0.25, -0.2) is 8.42 Å². The van der Waals surface area contributed by atoms with Crippen LogP contribution in [0.2, 0.25) is 0 Å². The molecule has 0 fully saturated rings. The number of rotatable bonds is 6. The number of sulfonamides is 1. The van der Waals surface area contributed by atoms with Crippen LogP contribution in [0.3, 0.4) is 0 Å². The first-order valence-electron chi connectivity index (χ1n) is 6.69.